The summed E-state index contributed by atoms with van der Waals surface area (Å²) in [6, 6.07) is 0. The zero-order valence-corrected chi connectivity index (χ0v) is 23.7. The van der Waals surface area contributed by atoms with Gasteiger partial charge in [-0.3, -0.25) is 4.55 Å². The first-order valence-electron chi connectivity index (χ1n) is 7.65. The highest BCUT2D eigenvalue weighted by molar-refractivity contribution is 14.1. The number of carbonyl (C=O) groups excluding carboxylic acids is 2. The molecule has 1 N–H and O–H groups in total. The monoisotopic (exact) mass is 862 g/mol. The third-order valence-electron chi connectivity index (χ3n) is 3.84. The standard InChI is InChI=1S/C15H14I4O8S/c1-15(2-3-27-15)6-26-14(21)8-7(9(16)11(18)12(19)10(8)17)13(20)25-4-5-28(22,23)24/h2-6H2,1H3,(H,22,23,24). The van der Waals surface area contributed by atoms with Crippen LogP contribution in [0, 0.1) is 14.3 Å². The number of carbonyl (C=O) groups is 2. The summed E-state index contributed by atoms with van der Waals surface area (Å²) < 4.78 is 48.8. The van der Waals surface area contributed by atoms with Crippen LogP contribution in [-0.2, 0) is 24.3 Å². The molecule has 1 aliphatic rings. The second kappa shape index (κ2) is 10.0. The van der Waals surface area contributed by atoms with E-state index in [9.17, 15) is 18.0 Å². The summed E-state index contributed by atoms with van der Waals surface area (Å²) in [7, 11) is -4.27. The van der Waals surface area contributed by atoms with Crippen LogP contribution in [0.3, 0.4) is 0 Å². The maximum atomic E-state index is 12.8. The van der Waals surface area contributed by atoms with Gasteiger partial charge < -0.3 is 14.2 Å². The molecule has 13 heteroatoms. The van der Waals surface area contributed by atoms with Crippen LogP contribution in [0.25, 0.3) is 0 Å². The van der Waals surface area contributed by atoms with E-state index in [2.05, 4.69) is 45.2 Å². The lowest BCUT2D eigenvalue weighted by Crippen LogP contribution is -2.45. The fourth-order valence-electron chi connectivity index (χ4n) is 2.18. The summed E-state index contributed by atoms with van der Waals surface area (Å²) >= 11 is 8.04. The second-order valence-electron chi connectivity index (χ2n) is 6.05. The first-order valence-corrected chi connectivity index (χ1v) is 13.6. The molecule has 8 nitrogen and oxygen atoms in total. The first-order chi connectivity index (χ1) is 12.9. The summed E-state index contributed by atoms with van der Waals surface area (Å²) in [4.78, 5) is 25.4. The fraction of sp³-hybridized carbons (Fsp3) is 0.467. The smallest absolute Gasteiger partial charge is 0.340 e. The van der Waals surface area contributed by atoms with Crippen LogP contribution >= 0.6 is 90.4 Å². The average molecular weight is 862 g/mol. The van der Waals surface area contributed by atoms with Crippen molar-refractivity contribution in [1.29, 1.82) is 0 Å². The summed E-state index contributed by atoms with van der Waals surface area (Å²) in [6.45, 7) is 1.96. The van der Waals surface area contributed by atoms with Crippen LogP contribution in [0.5, 0.6) is 0 Å². The number of esters is 2. The van der Waals surface area contributed by atoms with Gasteiger partial charge in [-0.25, -0.2) is 9.59 Å². The van der Waals surface area contributed by atoms with E-state index in [0.717, 1.165) is 13.6 Å². The number of halogens is 4. The number of hydrogen-bond acceptors (Lipinski definition) is 7. The highest BCUT2D eigenvalue weighted by Crippen LogP contribution is 2.34. The highest BCUT2D eigenvalue weighted by Gasteiger charge is 2.36. The third-order valence-corrected chi connectivity index (χ3v) is 11.9. The van der Waals surface area contributed by atoms with E-state index in [1.54, 1.807) is 0 Å². The van der Waals surface area contributed by atoms with Gasteiger partial charge in [-0.2, -0.15) is 8.42 Å². The Morgan fingerprint density at radius 1 is 1.04 bits per heavy atom. The van der Waals surface area contributed by atoms with Crippen molar-refractivity contribution in [3.8, 4) is 0 Å². The maximum absolute atomic E-state index is 12.8. The zero-order chi connectivity index (χ0) is 21.3. The van der Waals surface area contributed by atoms with Gasteiger partial charge in [0.25, 0.3) is 10.1 Å². The van der Waals surface area contributed by atoms with Crippen molar-refractivity contribution in [1.82, 2.24) is 0 Å². The lowest BCUT2D eigenvalue weighted by Gasteiger charge is -2.37. The van der Waals surface area contributed by atoms with Gasteiger partial charge in [-0.05, 0) is 97.3 Å². The van der Waals surface area contributed by atoms with Crippen LogP contribution in [0.1, 0.15) is 34.1 Å². The van der Waals surface area contributed by atoms with Crippen LogP contribution in [0.15, 0.2) is 0 Å². The number of hydrogen-bond donors (Lipinski definition) is 1. The van der Waals surface area contributed by atoms with Gasteiger partial charge in [0.05, 0.1) is 17.7 Å². The van der Waals surface area contributed by atoms with Crippen LogP contribution in [0.4, 0.5) is 0 Å². The number of benzene rings is 1. The summed E-state index contributed by atoms with van der Waals surface area (Å²) in [6.07, 6.45) is 0.768. The quantitative estimate of drug-likeness (QED) is 0.146. The maximum Gasteiger partial charge on any atom is 0.340 e. The van der Waals surface area contributed by atoms with E-state index in [-0.39, 0.29) is 17.7 Å². The Hall–Kier alpha value is 0.950. The van der Waals surface area contributed by atoms with Crippen molar-refractivity contribution >= 4 is 112 Å². The molecule has 1 aromatic rings. The summed E-state index contributed by atoms with van der Waals surface area (Å²) in [5.74, 6) is -2.28. The molecule has 0 saturated carbocycles. The molecule has 28 heavy (non-hydrogen) atoms. The molecule has 0 aliphatic carbocycles. The van der Waals surface area contributed by atoms with Gasteiger partial charge in [-0.15, -0.1) is 0 Å². The molecule has 1 fully saturated rings. The lowest BCUT2D eigenvalue weighted by atomic mass is 9.99. The van der Waals surface area contributed by atoms with Crippen molar-refractivity contribution in [3.63, 3.8) is 0 Å². The minimum atomic E-state index is -4.27. The predicted molar refractivity (Wildman–Crippen MR) is 133 cm³/mol. The zero-order valence-electron chi connectivity index (χ0n) is 14.3. The van der Waals surface area contributed by atoms with E-state index in [0.29, 0.717) is 13.7 Å². The third kappa shape index (κ3) is 6.24. The Balaban J connectivity index is 2.34. The molecule has 0 radical (unpaired) electrons. The summed E-state index contributed by atoms with van der Waals surface area (Å²) in [5.41, 5.74) is -0.453. The SMILES string of the molecule is CC1(COC(=O)c2c(I)c(I)c(I)c(I)c2C(=O)OCCS(=O)(=O)O)CCO1. The molecule has 0 amide bonds. The minimum absolute atomic E-state index is 0.00911. The second-order valence-corrected chi connectivity index (χ2v) is 11.9. The predicted octanol–water partition coefficient (Wildman–Crippen LogP) is 3.49. The molecule has 0 bridgehead atoms. The van der Waals surface area contributed by atoms with Crippen LogP contribution in [0.2, 0.25) is 0 Å². The van der Waals surface area contributed by atoms with Gasteiger partial charge in [0, 0.05) is 20.7 Å². The van der Waals surface area contributed by atoms with Gasteiger partial charge in [0.2, 0.25) is 0 Å². The van der Waals surface area contributed by atoms with Crippen molar-refractivity contribution in [2.45, 2.75) is 18.9 Å². The lowest BCUT2D eigenvalue weighted by molar-refractivity contribution is -0.158. The van der Waals surface area contributed by atoms with E-state index in [4.69, 9.17) is 18.8 Å². The van der Waals surface area contributed by atoms with Crippen LogP contribution < -0.4 is 0 Å². The minimum Gasteiger partial charge on any atom is -0.461 e. The molecule has 1 heterocycles. The molecular formula is C15H14I4O8S. The van der Waals surface area contributed by atoms with Crippen LogP contribution in [-0.4, -0.2) is 56.1 Å². The van der Waals surface area contributed by atoms with E-state index < -0.39 is 40.0 Å². The van der Waals surface area contributed by atoms with E-state index >= 15 is 0 Å². The topological polar surface area (TPSA) is 116 Å². The highest BCUT2D eigenvalue weighted by atomic mass is 127. The molecule has 2 rings (SSSR count). The number of rotatable bonds is 7. The van der Waals surface area contributed by atoms with Crippen molar-refractivity contribution in [2.75, 3.05) is 25.6 Å². The molecule has 0 spiro atoms. The molecule has 1 saturated heterocycles. The van der Waals surface area contributed by atoms with Crippen molar-refractivity contribution < 1.29 is 36.8 Å². The van der Waals surface area contributed by atoms with E-state index in [1.807, 2.05) is 52.1 Å². The first kappa shape index (κ1) is 25.2. The Morgan fingerprint density at radius 2 is 1.50 bits per heavy atom. The van der Waals surface area contributed by atoms with Crippen molar-refractivity contribution in [2.24, 2.45) is 0 Å². The molecule has 1 aromatic carbocycles. The fourth-order valence-corrected chi connectivity index (χ4v) is 6.11. The van der Waals surface area contributed by atoms with E-state index in [1.165, 1.54) is 0 Å². The molecule has 0 aromatic heterocycles. The molecule has 1 atom stereocenters. The van der Waals surface area contributed by atoms with Gasteiger partial charge in [0.15, 0.2) is 0 Å². The largest absolute Gasteiger partial charge is 0.461 e. The Morgan fingerprint density at radius 3 is 1.89 bits per heavy atom. The normalized spacial score (nSPS) is 19.1. The van der Waals surface area contributed by atoms with Gasteiger partial charge >= 0.3 is 11.9 Å². The van der Waals surface area contributed by atoms with Gasteiger partial charge in [0.1, 0.15) is 24.6 Å². The van der Waals surface area contributed by atoms with Crippen molar-refractivity contribution in [3.05, 3.63) is 25.4 Å². The molecule has 1 aliphatic heterocycles. The molecule has 156 valence electrons. The Kier molecular flexibility index (Phi) is 9.05. The molecule has 1 unspecified atom stereocenters. The van der Waals surface area contributed by atoms with Gasteiger partial charge in [-0.1, -0.05) is 0 Å². The Labute approximate surface area is 216 Å². The number of ether oxygens (including phenoxy) is 3. The summed E-state index contributed by atoms with van der Waals surface area (Å²) in [5, 5.41) is 0. The Bertz CT molecular complexity index is 911. The molecular weight excluding hydrogens is 848 g/mol. The average Bonchev–Trinajstić information content (AvgIpc) is 2.57.